The molecule has 1 atom stereocenters. The van der Waals surface area contributed by atoms with Crippen molar-refractivity contribution < 1.29 is 13.2 Å². The van der Waals surface area contributed by atoms with Crippen molar-refractivity contribution in [3.63, 3.8) is 0 Å². The molecule has 0 amide bonds. The van der Waals surface area contributed by atoms with Gasteiger partial charge in [-0.05, 0) is 32.2 Å². The summed E-state index contributed by atoms with van der Waals surface area (Å²) in [4.78, 5) is 0. The smallest absolute Gasteiger partial charge is 0.147 e. The molecule has 0 aromatic heterocycles. The molecule has 0 aliphatic carbocycles. The van der Waals surface area contributed by atoms with Crippen LogP contribution in [0, 0.1) is 5.41 Å². The molecule has 1 rings (SSSR count). The summed E-state index contributed by atoms with van der Waals surface area (Å²) in [5.41, 5.74) is 0.0243. The van der Waals surface area contributed by atoms with Gasteiger partial charge in [-0.2, -0.15) is 0 Å². The molecule has 0 aromatic carbocycles. The number of sulfone groups is 1. The Morgan fingerprint density at radius 1 is 1.41 bits per heavy atom. The minimum absolute atomic E-state index is 0.0243. The molecule has 1 aliphatic heterocycles. The van der Waals surface area contributed by atoms with Crippen molar-refractivity contribution >= 4 is 9.84 Å². The third-order valence-corrected chi connectivity index (χ3v) is 4.28. The third kappa shape index (κ3) is 5.84. The Hall–Kier alpha value is -0.130. The van der Waals surface area contributed by atoms with E-state index in [-0.39, 0.29) is 11.2 Å². The largest absolute Gasteiger partial charge is 0.381 e. The Balaban J connectivity index is 2.51. The maximum Gasteiger partial charge on any atom is 0.147 e. The molecular formula is C12H25NO3S. The Bertz CT molecular complexity index is 308. The van der Waals surface area contributed by atoms with E-state index in [2.05, 4.69) is 12.2 Å². The highest BCUT2D eigenvalue weighted by Gasteiger charge is 2.33. The average molecular weight is 263 g/mol. The second-order valence-electron chi connectivity index (χ2n) is 5.21. The van der Waals surface area contributed by atoms with Gasteiger partial charge in [-0.1, -0.05) is 6.92 Å². The van der Waals surface area contributed by atoms with Crippen molar-refractivity contribution in [2.24, 2.45) is 5.41 Å². The van der Waals surface area contributed by atoms with E-state index in [1.807, 2.05) is 0 Å². The fraction of sp³-hybridized carbons (Fsp3) is 1.00. The van der Waals surface area contributed by atoms with Crippen molar-refractivity contribution in [2.45, 2.75) is 32.6 Å². The van der Waals surface area contributed by atoms with E-state index < -0.39 is 9.84 Å². The van der Waals surface area contributed by atoms with Crippen molar-refractivity contribution in [2.75, 3.05) is 38.3 Å². The minimum atomic E-state index is -2.88. The highest BCUT2D eigenvalue weighted by atomic mass is 32.2. The maximum atomic E-state index is 11.3. The lowest BCUT2D eigenvalue weighted by Gasteiger charge is -2.37. The summed E-state index contributed by atoms with van der Waals surface area (Å²) < 4.78 is 28.1. The zero-order valence-electron chi connectivity index (χ0n) is 11.0. The molecule has 1 heterocycles. The highest BCUT2D eigenvalue weighted by Crippen LogP contribution is 2.32. The van der Waals surface area contributed by atoms with E-state index in [0.717, 1.165) is 39.0 Å². The fourth-order valence-electron chi connectivity index (χ4n) is 2.27. The molecule has 17 heavy (non-hydrogen) atoms. The van der Waals surface area contributed by atoms with Gasteiger partial charge in [-0.25, -0.2) is 8.42 Å². The van der Waals surface area contributed by atoms with Gasteiger partial charge in [0.25, 0.3) is 0 Å². The summed E-state index contributed by atoms with van der Waals surface area (Å²) in [5, 5.41) is 3.41. The Morgan fingerprint density at radius 3 is 2.71 bits per heavy atom. The van der Waals surface area contributed by atoms with Crippen LogP contribution in [0.25, 0.3) is 0 Å². The van der Waals surface area contributed by atoms with E-state index in [1.54, 1.807) is 0 Å². The molecule has 1 saturated heterocycles. The standard InChI is InChI=1S/C12H25NO3S/c1-3-7-13-10-12(5-4-8-16-11-12)6-9-17(2,14)15/h13H,3-11H2,1-2H3. The molecule has 0 bridgehead atoms. The van der Waals surface area contributed by atoms with E-state index in [9.17, 15) is 8.42 Å². The number of ether oxygens (including phenoxy) is 1. The molecule has 1 fully saturated rings. The third-order valence-electron chi connectivity index (χ3n) is 3.33. The van der Waals surface area contributed by atoms with Crippen molar-refractivity contribution in [3.8, 4) is 0 Å². The fourth-order valence-corrected chi connectivity index (χ4v) is 3.07. The van der Waals surface area contributed by atoms with Crippen LogP contribution in [0.4, 0.5) is 0 Å². The van der Waals surface area contributed by atoms with Crippen LogP contribution in [0.1, 0.15) is 32.6 Å². The van der Waals surface area contributed by atoms with Gasteiger partial charge in [0.1, 0.15) is 9.84 Å². The zero-order valence-corrected chi connectivity index (χ0v) is 11.8. The molecule has 1 unspecified atom stereocenters. The van der Waals surface area contributed by atoms with E-state index in [1.165, 1.54) is 6.26 Å². The van der Waals surface area contributed by atoms with Crippen molar-refractivity contribution in [1.29, 1.82) is 0 Å². The average Bonchev–Trinajstić information content (AvgIpc) is 2.28. The summed E-state index contributed by atoms with van der Waals surface area (Å²) in [7, 11) is -2.88. The van der Waals surface area contributed by atoms with Gasteiger partial charge in [0.15, 0.2) is 0 Å². The molecule has 0 aromatic rings. The first-order valence-electron chi connectivity index (χ1n) is 6.44. The van der Waals surface area contributed by atoms with Gasteiger partial charge in [0.05, 0.1) is 12.4 Å². The lowest BCUT2D eigenvalue weighted by Crippen LogP contribution is -2.42. The molecule has 1 aliphatic rings. The van der Waals surface area contributed by atoms with Gasteiger partial charge < -0.3 is 10.1 Å². The number of hydrogen-bond donors (Lipinski definition) is 1. The molecule has 0 spiro atoms. The molecule has 1 N–H and O–H groups in total. The molecule has 5 heteroatoms. The van der Waals surface area contributed by atoms with Crippen LogP contribution in [-0.4, -0.2) is 46.7 Å². The number of hydrogen-bond acceptors (Lipinski definition) is 4. The molecule has 0 saturated carbocycles. The number of nitrogens with one attached hydrogen (secondary N) is 1. The Labute approximate surface area is 105 Å². The van der Waals surface area contributed by atoms with Gasteiger partial charge in [-0.15, -0.1) is 0 Å². The molecule has 102 valence electrons. The SMILES string of the molecule is CCCNCC1(CCS(C)(=O)=O)CCCOC1. The van der Waals surface area contributed by atoms with E-state index in [4.69, 9.17) is 4.74 Å². The lowest BCUT2D eigenvalue weighted by molar-refractivity contribution is -0.00883. The first kappa shape index (κ1) is 14.9. The van der Waals surface area contributed by atoms with Crippen LogP contribution >= 0.6 is 0 Å². The van der Waals surface area contributed by atoms with Gasteiger partial charge in [0, 0.05) is 24.8 Å². The van der Waals surface area contributed by atoms with Gasteiger partial charge >= 0.3 is 0 Å². The predicted molar refractivity (Wildman–Crippen MR) is 70.0 cm³/mol. The minimum Gasteiger partial charge on any atom is -0.381 e. The van der Waals surface area contributed by atoms with Crippen LogP contribution in [0.5, 0.6) is 0 Å². The van der Waals surface area contributed by atoms with Gasteiger partial charge in [0.2, 0.25) is 0 Å². The summed E-state index contributed by atoms with van der Waals surface area (Å²) in [6, 6.07) is 0. The first-order valence-corrected chi connectivity index (χ1v) is 8.50. The van der Waals surface area contributed by atoms with Crippen LogP contribution in [0.15, 0.2) is 0 Å². The zero-order chi connectivity index (χ0) is 12.8. The van der Waals surface area contributed by atoms with E-state index >= 15 is 0 Å². The van der Waals surface area contributed by atoms with Crippen LogP contribution < -0.4 is 5.32 Å². The highest BCUT2D eigenvalue weighted by molar-refractivity contribution is 7.90. The normalized spacial score (nSPS) is 26.0. The van der Waals surface area contributed by atoms with Crippen LogP contribution in [0.2, 0.25) is 0 Å². The quantitative estimate of drug-likeness (QED) is 0.702. The predicted octanol–water partition coefficient (Wildman–Crippen LogP) is 1.22. The summed E-state index contributed by atoms with van der Waals surface area (Å²) >= 11 is 0. The summed E-state index contributed by atoms with van der Waals surface area (Å²) in [6.45, 7) is 5.50. The topological polar surface area (TPSA) is 55.4 Å². The van der Waals surface area contributed by atoms with Crippen molar-refractivity contribution in [3.05, 3.63) is 0 Å². The summed E-state index contributed by atoms with van der Waals surface area (Å²) in [5.74, 6) is 0.268. The molecule has 0 radical (unpaired) electrons. The van der Waals surface area contributed by atoms with Crippen LogP contribution in [0.3, 0.4) is 0 Å². The number of rotatable bonds is 7. The Kier molecular flexibility index (Phi) is 5.89. The second kappa shape index (κ2) is 6.71. The molecular weight excluding hydrogens is 238 g/mol. The van der Waals surface area contributed by atoms with E-state index in [0.29, 0.717) is 13.0 Å². The summed E-state index contributed by atoms with van der Waals surface area (Å²) in [6.07, 6.45) is 5.23. The molecule has 4 nitrogen and oxygen atoms in total. The second-order valence-corrected chi connectivity index (χ2v) is 7.47. The van der Waals surface area contributed by atoms with Crippen LogP contribution in [-0.2, 0) is 14.6 Å². The van der Waals surface area contributed by atoms with Gasteiger partial charge in [-0.3, -0.25) is 0 Å². The monoisotopic (exact) mass is 263 g/mol. The first-order chi connectivity index (χ1) is 7.97. The lowest BCUT2D eigenvalue weighted by atomic mass is 9.80. The maximum absolute atomic E-state index is 11.3. The van der Waals surface area contributed by atoms with Crippen molar-refractivity contribution in [1.82, 2.24) is 5.32 Å². The Morgan fingerprint density at radius 2 is 2.18 bits per heavy atom.